The van der Waals surface area contributed by atoms with Crippen LogP contribution in [0.2, 0.25) is 0 Å². The number of pyridine rings is 1. The lowest BCUT2D eigenvalue weighted by molar-refractivity contribution is 0.0950. The summed E-state index contributed by atoms with van der Waals surface area (Å²) in [6.07, 6.45) is 2.32. The summed E-state index contributed by atoms with van der Waals surface area (Å²) in [5, 5.41) is 2.59. The number of hydrogen-bond donors (Lipinski definition) is 1. The van der Waals surface area contributed by atoms with Crippen LogP contribution in [0.15, 0.2) is 65.7 Å². The van der Waals surface area contributed by atoms with Crippen LogP contribution in [0.5, 0.6) is 0 Å². The van der Waals surface area contributed by atoms with Crippen molar-refractivity contribution in [2.45, 2.75) is 11.4 Å². The number of carbonyl (C=O) groups is 1. The molecule has 0 unspecified atom stereocenters. The van der Waals surface area contributed by atoms with Gasteiger partial charge in [0.1, 0.15) is 11.6 Å². The zero-order valence-corrected chi connectivity index (χ0v) is 15.6. The average molecular weight is 402 g/mol. The molecule has 0 saturated carbocycles. The molecular formula is C20H16F2N2O3S. The van der Waals surface area contributed by atoms with E-state index in [1.54, 1.807) is 18.2 Å². The lowest BCUT2D eigenvalue weighted by atomic mass is 10.1. The number of carbonyl (C=O) groups excluding carboxylic acids is 1. The third-order valence-electron chi connectivity index (χ3n) is 4.01. The maximum absolute atomic E-state index is 13.4. The third kappa shape index (κ3) is 4.58. The summed E-state index contributed by atoms with van der Waals surface area (Å²) in [6, 6.07) is 12.4. The largest absolute Gasteiger partial charge is 0.348 e. The predicted octanol–water partition coefficient (Wildman–Crippen LogP) is 3.36. The number of halogens is 2. The Morgan fingerprint density at radius 2 is 1.79 bits per heavy atom. The second kappa shape index (κ2) is 7.85. The first-order valence-corrected chi connectivity index (χ1v) is 10.1. The lowest BCUT2D eigenvalue weighted by Gasteiger charge is -2.10. The summed E-state index contributed by atoms with van der Waals surface area (Å²) in [4.78, 5) is 16.3. The molecule has 0 atom stereocenters. The molecule has 0 aliphatic carbocycles. The Kier molecular flexibility index (Phi) is 5.51. The van der Waals surface area contributed by atoms with Gasteiger partial charge < -0.3 is 5.32 Å². The molecule has 28 heavy (non-hydrogen) atoms. The van der Waals surface area contributed by atoms with Crippen LogP contribution >= 0.6 is 0 Å². The first kappa shape index (κ1) is 19.6. The minimum Gasteiger partial charge on any atom is -0.348 e. The molecule has 5 nitrogen and oxygen atoms in total. The van der Waals surface area contributed by atoms with Crippen LogP contribution in [0.3, 0.4) is 0 Å². The van der Waals surface area contributed by atoms with Crippen molar-refractivity contribution in [2.75, 3.05) is 6.26 Å². The molecule has 0 aliphatic rings. The topological polar surface area (TPSA) is 76.1 Å². The molecule has 1 heterocycles. The van der Waals surface area contributed by atoms with E-state index >= 15 is 0 Å². The molecule has 0 radical (unpaired) electrons. The van der Waals surface area contributed by atoms with E-state index in [9.17, 15) is 22.0 Å². The van der Waals surface area contributed by atoms with Gasteiger partial charge in [-0.25, -0.2) is 17.2 Å². The van der Waals surface area contributed by atoms with E-state index in [-0.39, 0.29) is 28.4 Å². The van der Waals surface area contributed by atoms with Crippen molar-refractivity contribution in [3.05, 3.63) is 83.6 Å². The van der Waals surface area contributed by atoms with Crippen LogP contribution in [0.25, 0.3) is 11.3 Å². The van der Waals surface area contributed by atoms with Gasteiger partial charge in [-0.2, -0.15) is 0 Å². The highest BCUT2D eigenvalue weighted by molar-refractivity contribution is 7.90. The molecule has 144 valence electrons. The SMILES string of the molecule is CS(=O)(=O)c1cc(F)ccc1CNC(=O)c1ccc(-c2cccc(F)c2)nc1. The Labute approximate surface area is 161 Å². The van der Waals surface area contributed by atoms with Crippen molar-refractivity contribution in [2.24, 2.45) is 0 Å². The summed E-state index contributed by atoms with van der Waals surface area (Å²) in [5.41, 5.74) is 1.62. The molecule has 1 N–H and O–H groups in total. The number of amides is 1. The van der Waals surface area contributed by atoms with Gasteiger partial charge in [-0.15, -0.1) is 0 Å². The van der Waals surface area contributed by atoms with Gasteiger partial charge in [-0.05, 0) is 42.0 Å². The number of rotatable bonds is 5. The standard InChI is InChI=1S/C20H16F2N2O3S/c1-28(26,27)19-10-17(22)7-5-14(19)11-24-20(25)15-6-8-18(23-12-15)13-3-2-4-16(21)9-13/h2-10,12H,11H2,1H3,(H,24,25). The van der Waals surface area contributed by atoms with Crippen LogP contribution < -0.4 is 5.32 Å². The first-order chi connectivity index (χ1) is 13.2. The number of aromatic nitrogens is 1. The minimum atomic E-state index is -3.64. The van der Waals surface area contributed by atoms with Gasteiger partial charge in [-0.1, -0.05) is 18.2 Å². The molecule has 0 aliphatic heterocycles. The third-order valence-corrected chi connectivity index (χ3v) is 5.19. The summed E-state index contributed by atoms with van der Waals surface area (Å²) < 4.78 is 50.3. The van der Waals surface area contributed by atoms with Gasteiger partial charge in [0, 0.05) is 24.6 Å². The molecule has 0 spiro atoms. The van der Waals surface area contributed by atoms with E-state index in [0.717, 1.165) is 18.4 Å². The quantitative estimate of drug-likeness (QED) is 0.710. The van der Waals surface area contributed by atoms with E-state index in [4.69, 9.17) is 0 Å². The van der Waals surface area contributed by atoms with Gasteiger partial charge in [0.15, 0.2) is 9.84 Å². The Morgan fingerprint density at radius 1 is 1.04 bits per heavy atom. The highest BCUT2D eigenvalue weighted by Gasteiger charge is 2.15. The number of nitrogens with zero attached hydrogens (tertiary/aromatic N) is 1. The number of nitrogens with one attached hydrogen (secondary N) is 1. The van der Waals surface area contributed by atoms with Crippen molar-refractivity contribution < 1.29 is 22.0 Å². The molecule has 1 amide bonds. The van der Waals surface area contributed by atoms with Gasteiger partial charge in [0.05, 0.1) is 16.2 Å². The van der Waals surface area contributed by atoms with Gasteiger partial charge in [0.25, 0.3) is 5.91 Å². The fourth-order valence-electron chi connectivity index (χ4n) is 2.64. The number of sulfone groups is 1. The Morgan fingerprint density at radius 3 is 2.43 bits per heavy atom. The van der Waals surface area contributed by atoms with Crippen molar-refractivity contribution in [3.8, 4) is 11.3 Å². The van der Waals surface area contributed by atoms with E-state index in [1.165, 1.54) is 30.5 Å². The molecular weight excluding hydrogens is 386 g/mol. The van der Waals surface area contributed by atoms with E-state index in [1.807, 2.05) is 0 Å². The normalized spacial score (nSPS) is 11.2. The molecule has 0 bridgehead atoms. The summed E-state index contributed by atoms with van der Waals surface area (Å²) in [5.74, 6) is -1.53. The molecule has 3 aromatic rings. The Balaban J connectivity index is 1.74. The summed E-state index contributed by atoms with van der Waals surface area (Å²) >= 11 is 0. The maximum Gasteiger partial charge on any atom is 0.253 e. The molecule has 8 heteroatoms. The van der Waals surface area contributed by atoms with Crippen molar-refractivity contribution in [3.63, 3.8) is 0 Å². The zero-order chi connectivity index (χ0) is 20.3. The van der Waals surface area contributed by atoms with Crippen LogP contribution in [-0.2, 0) is 16.4 Å². The Hall–Kier alpha value is -3.13. The zero-order valence-electron chi connectivity index (χ0n) is 14.8. The lowest BCUT2D eigenvalue weighted by Crippen LogP contribution is -2.24. The van der Waals surface area contributed by atoms with E-state index in [2.05, 4.69) is 10.3 Å². The molecule has 0 fully saturated rings. The number of hydrogen-bond acceptors (Lipinski definition) is 4. The van der Waals surface area contributed by atoms with Crippen LogP contribution in [0.1, 0.15) is 15.9 Å². The molecule has 0 saturated heterocycles. The second-order valence-corrected chi connectivity index (χ2v) is 8.13. The van der Waals surface area contributed by atoms with Crippen molar-refractivity contribution >= 4 is 15.7 Å². The van der Waals surface area contributed by atoms with E-state index < -0.39 is 21.6 Å². The monoisotopic (exact) mass is 402 g/mol. The fraction of sp³-hybridized carbons (Fsp3) is 0.100. The minimum absolute atomic E-state index is 0.0901. The smallest absolute Gasteiger partial charge is 0.253 e. The molecule has 2 aromatic carbocycles. The summed E-state index contributed by atoms with van der Waals surface area (Å²) in [6.45, 7) is -0.0901. The predicted molar refractivity (Wildman–Crippen MR) is 100 cm³/mol. The summed E-state index contributed by atoms with van der Waals surface area (Å²) in [7, 11) is -3.64. The fourth-order valence-corrected chi connectivity index (χ4v) is 3.59. The maximum atomic E-state index is 13.4. The van der Waals surface area contributed by atoms with Gasteiger partial charge in [0.2, 0.25) is 0 Å². The van der Waals surface area contributed by atoms with Gasteiger partial charge in [-0.3, -0.25) is 9.78 Å². The molecule has 3 rings (SSSR count). The van der Waals surface area contributed by atoms with Crippen LogP contribution in [0.4, 0.5) is 8.78 Å². The van der Waals surface area contributed by atoms with Crippen molar-refractivity contribution in [1.29, 1.82) is 0 Å². The van der Waals surface area contributed by atoms with Crippen LogP contribution in [-0.4, -0.2) is 25.6 Å². The van der Waals surface area contributed by atoms with E-state index in [0.29, 0.717) is 11.3 Å². The van der Waals surface area contributed by atoms with Crippen molar-refractivity contribution in [1.82, 2.24) is 10.3 Å². The van der Waals surface area contributed by atoms with Crippen LogP contribution in [0, 0.1) is 11.6 Å². The highest BCUT2D eigenvalue weighted by Crippen LogP contribution is 2.19. The highest BCUT2D eigenvalue weighted by atomic mass is 32.2. The second-order valence-electron chi connectivity index (χ2n) is 6.15. The first-order valence-electron chi connectivity index (χ1n) is 8.23. The van der Waals surface area contributed by atoms with Gasteiger partial charge >= 0.3 is 0 Å². The molecule has 1 aromatic heterocycles. The number of benzene rings is 2. The average Bonchev–Trinajstić information content (AvgIpc) is 2.66. The Bertz CT molecular complexity index is 1130.